The molecule has 1 heterocycles. The number of benzene rings is 1. The molecule has 0 aliphatic rings. The summed E-state index contributed by atoms with van der Waals surface area (Å²) in [6.07, 6.45) is 0.694. The summed E-state index contributed by atoms with van der Waals surface area (Å²) in [5.41, 5.74) is 0.955. The van der Waals surface area contributed by atoms with Crippen LogP contribution in [0, 0.1) is 11.6 Å². The van der Waals surface area contributed by atoms with Crippen molar-refractivity contribution in [3.63, 3.8) is 0 Å². The lowest BCUT2D eigenvalue weighted by molar-refractivity contribution is 0.102. The van der Waals surface area contributed by atoms with Crippen LogP contribution in [0.2, 0.25) is 0 Å². The van der Waals surface area contributed by atoms with Crippen LogP contribution in [0.4, 0.5) is 8.78 Å². The number of aryl methyl sites for hydroxylation is 2. The highest BCUT2D eigenvalue weighted by Gasteiger charge is 2.19. The molecule has 0 saturated heterocycles. The molecule has 0 radical (unpaired) electrons. The quantitative estimate of drug-likeness (QED) is 0.796. The minimum atomic E-state index is -0.855. The summed E-state index contributed by atoms with van der Waals surface area (Å²) in [6, 6.07) is 4.59. The molecule has 0 unspecified atom stereocenters. The first kappa shape index (κ1) is 13.4. The molecule has 0 fully saturated rings. The summed E-state index contributed by atoms with van der Waals surface area (Å²) >= 11 is 0. The van der Waals surface area contributed by atoms with Crippen LogP contribution in [0.15, 0.2) is 24.3 Å². The van der Waals surface area contributed by atoms with Crippen molar-refractivity contribution in [3.8, 4) is 0 Å². The second-order valence-corrected chi connectivity index (χ2v) is 4.14. The molecule has 0 N–H and O–H groups in total. The molecule has 0 amide bonds. The summed E-state index contributed by atoms with van der Waals surface area (Å²) in [6.45, 7) is 4.29. The third-order valence-electron chi connectivity index (χ3n) is 2.90. The molecule has 19 heavy (non-hydrogen) atoms. The van der Waals surface area contributed by atoms with Gasteiger partial charge in [-0.15, -0.1) is 0 Å². The molecule has 0 saturated carbocycles. The van der Waals surface area contributed by atoms with E-state index in [0.717, 1.165) is 17.8 Å². The van der Waals surface area contributed by atoms with E-state index in [1.165, 1.54) is 4.68 Å². The van der Waals surface area contributed by atoms with Crippen LogP contribution in [-0.4, -0.2) is 15.6 Å². The Kier molecular flexibility index (Phi) is 3.74. The Balaban J connectivity index is 2.46. The largest absolute Gasteiger partial charge is 0.287 e. The van der Waals surface area contributed by atoms with Crippen LogP contribution in [0.3, 0.4) is 0 Å². The third kappa shape index (κ3) is 2.54. The summed E-state index contributed by atoms with van der Waals surface area (Å²) in [5.74, 6) is -2.04. The Bertz CT molecular complexity index is 620. The highest BCUT2D eigenvalue weighted by molar-refractivity contribution is 6.08. The smallest absolute Gasteiger partial charge is 0.213 e. The van der Waals surface area contributed by atoms with Gasteiger partial charge in [0.25, 0.3) is 0 Å². The fraction of sp³-hybridized carbons (Fsp3) is 0.286. The zero-order valence-electron chi connectivity index (χ0n) is 10.8. The normalized spacial score (nSPS) is 10.7. The minimum Gasteiger partial charge on any atom is -0.287 e. The van der Waals surface area contributed by atoms with Crippen molar-refractivity contribution in [2.75, 3.05) is 0 Å². The maximum absolute atomic E-state index is 13.6. The van der Waals surface area contributed by atoms with Gasteiger partial charge in [0.2, 0.25) is 5.78 Å². The van der Waals surface area contributed by atoms with Crippen LogP contribution in [0.25, 0.3) is 0 Å². The predicted molar refractivity (Wildman–Crippen MR) is 67.1 cm³/mol. The second kappa shape index (κ2) is 5.30. The fourth-order valence-corrected chi connectivity index (χ4v) is 1.88. The van der Waals surface area contributed by atoms with Crippen LogP contribution in [0.5, 0.6) is 0 Å². The average Bonchev–Trinajstić information content (AvgIpc) is 2.81. The van der Waals surface area contributed by atoms with E-state index < -0.39 is 17.4 Å². The van der Waals surface area contributed by atoms with Crippen LogP contribution < -0.4 is 0 Å². The third-order valence-corrected chi connectivity index (χ3v) is 2.90. The Hall–Kier alpha value is -2.04. The number of hydrogen-bond acceptors (Lipinski definition) is 2. The Labute approximate surface area is 109 Å². The van der Waals surface area contributed by atoms with Crippen LogP contribution in [0.1, 0.15) is 35.6 Å². The fourth-order valence-electron chi connectivity index (χ4n) is 1.88. The van der Waals surface area contributed by atoms with E-state index in [0.29, 0.717) is 24.7 Å². The maximum atomic E-state index is 13.6. The van der Waals surface area contributed by atoms with E-state index in [9.17, 15) is 13.6 Å². The van der Waals surface area contributed by atoms with Gasteiger partial charge in [0, 0.05) is 12.6 Å². The predicted octanol–water partition coefficient (Wildman–Crippen LogP) is 2.97. The molecule has 2 aromatic rings. The lowest BCUT2D eigenvalue weighted by Crippen LogP contribution is -2.12. The number of rotatable bonds is 4. The zero-order chi connectivity index (χ0) is 14.0. The lowest BCUT2D eigenvalue weighted by Gasteiger charge is -2.04. The summed E-state index contributed by atoms with van der Waals surface area (Å²) < 4.78 is 28.0. The first-order valence-corrected chi connectivity index (χ1v) is 6.13. The first-order chi connectivity index (χ1) is 9.06. The van der Waals surface area contributed by atoms with Gasteiger partial charge in [0.05, 0.1) is 11.3 Å². The average molecular weight is 264 g/mol. The van der Waals surface area contributed by atoms with Gasteiger partial charge in [-0.25, -0.2) is 8.78 Å². The molecule has 100 valence electrons. The summed E-state index contributed by atoms with van der Waals surface area (Å²) in [4.78, 5) is 12.3. The van der Waals surface area contributed by atoms with Crippen molar-refractivity contribution >= 4 is 5.78 Å². The van der Waals surface area contributed by atoms with Crippen molar-refractivity contribution in [3.05, 3.63) is 52.9 Å². The number of ketones is 1. The van der Waals surface area contributed by atoms with E-state index in [2.05, 4.69) is 5.10 Å². The van der Waals surface area contributed by atoms with E-state index in [4.69, 9.17) is 0 Å². The van der Waals surface area contributed by atoms with E-state index in [1.807, 2.05) is 13.8 Å². The van der Waals surface area contributed by atoms with Crippen LogP contribution in [-0.2, 0) is 13.0 Å². The molecule has 0 aliphatic carbocycles. The summed E-state index contributed by atoms with van der Waals surface area (Å²) in [5, 5.41) is 4.24. The lowest BCUT2D eigenvalue weighted by atomic mass is 10.1. The molecular formula is C14H14F2N2O. The van der Waals surface area contributed by atoms with Crippen molar-refractivity contribution in [2.24, 2.45) is 0 Å². The molecule has 2 rings (SSSR count). The maximum Gasteiger partial charge on any atom is 0.213 e. The number of carbonyl (C=O) groups excluding carboxylic acids is 1. The first-order valence-electron chi connectivity index (χ1n) is 6.13. The molecule has 1 aromatic carbocycles. The number of hydrogen-bond donors (Lipinski definition) is 0. The standard InChI is InChI=1S/C14H14F2N2O/c1-3-10-8-13(18(4-2)17-10)14(19)11-6-5-9(15)7-12(11)16/h5-8H,3-4H2,1-2H3. The van der Waals surface area contributed by atoms with Crippen molar-refractivity contribution in [1.82, 2.24) is 9.78 Å². The highest BCUT2D eigenvalue weighted by Crippen LogP contribution is 2.16. The molecule has 0 atom stereocenters. The number of halogens is 2. The second-order valence-electron chi connectivity index (χ2n) is 4.14. The highest BCUT2D eigenvalue weighted by atomic mass is 19.1. The molecule has 0 spiro atoms. The molecule has 3 nitrogen and oxygen atoms in total. The van der Waals surface area contributed by atoms with Gasteiger partial charge < -0.3 is 0 Å². The van der Waals surface area contributed by atoms with Gasteiger partial charge in [-0.1, -0.05) is 6.92 Å². The monoisotopic (exact) mass is 264 g/mol. The Morgan fingerprint density at radius 2 is 2.00 bits per heavy atom. The van der Waals surface area contributed by atoms with Crippen molar-refractivity contribution < 1.29 is 13.6 Å². The molecule has 1 aromatic heterocycles. The molecule has 0 aliphatic heterocycles. The molecule has 0 bridgehead atoms. The van der Waals surface area contributed by atoms with Gasteiger partial charge in [-0.05, 0) is 31.5 Å². The number of nitrogens with zero attached hydrogens (tertiary/aromatic N) is 2. The number of carbonyl (C=O) groups is 1. The van der Waals surface area contributed by atoms with Crippen LogP contribution >= 0.6 is 0 Å². The number of aromatic nitrogens is 2. The minimum absolute atomic E-state index is 0.140. The van der Waals surface area contributed by atoms with Gasteiger partial charge >= 0.3 is 0 Å². The molecule has 5 heteroatoms. The van der Waals surface area contributed by atoms with E-state index >= 15 is 0 Å². The SMILES string of the molecule is CCc1cc(C(=O)c2ccc(F)cc2F)n(CC)n1. The van der Waals surface area contributed by atoms with E-state index in [-0.39, 0.29) is 5.56 Å². The summed E-state index contributed by atoms with van der Waals surface area (Å²) in [7, 11) is 0. The van der Waals surface area contributed by atoms with Gasteiger partial charge in [0.15, 0.2) is 0 Å². The molecular weight excluding hydrogens is 250 g/mol. The Morgan fingerprint density at radius 3 is 2.58 bits per heavy atom. The van der Waals surface area contributed by atoms with Gasteiger partial charge in [-0.3, -0.25) is 9.48 Å². The van der Waals surface area contributed by atoms with Crippen molar-refractivity contribution in [2.45, 2.75) is 26.8 Å². The Morgan fingerprint density at radius 1 is 1.26 bits per heavy atom. The van der Waals surface area contributed by atoms with E-state index in [1.54, 1.807) is 6.07 Å². The van der Waals surface area contributed by atoms with Gasteiger partial charge in [-0.2, -0.15) is 5.10 Å². The topological polar surface area (TPSA) is 34.9 Å². The zero-order valence-corrected chi connectivity index (χ0v) is 10.8. The van der Waals surface area contributed by atoms with Gasteiger partial charge in [0.1, 0.15) is 17.3 Å². The van der Waals surface area contributed by atoms with Crippen molar-refractivity contribution in [1.29, 1.82) is 0 Å².